The Morgan fingerprint density at radius 1 is 1.30 bits per heavy atom. The number of nitrogens with zero attached hydrogens (tertiary/aromatic N) is 1. The van der Waals surface area contributed by atoms with Crippen LogP contribution in [0.25, 0.3) is 0 Å². The smallest absolute Gasteiger partial charge is 0.204 e. The van der Waals surface area contributed by atoms with Crippen molar-refractivity contribution < 1.29 is 8.42 Å². The van der Waals surface area contributed by atoms with E-state index < -0.39 is 10.9 Å². The van der Waals surface area contributed by atoms with Gasteiger partial charge in [-0.1, -0.05) is 6.92 Å². The lowest BCUT2D eigenvalue weighted by atomic mass is 10.1. The molecule has 3 nitrogen and oxygen atoms in total. The standard InChI is InChI=1S/C6H15NO2S/c1-5-7(10(8)9)6(2,3)4/h10H,5H2,1-4H3. The van der Waals surface area contributed by atoms with Crippen LogP contribution in [0, 0.1) is 0 Å². The zero-order valence-corrected chi connectivity index (χ0v) is 7.81. The Kier molecular flexibility index (Phi) is 3.31. The molecule has 0 saturated heterocycles. The molecule has 0 aromatic heterocycles. The monoisotopic (exact) mass is 165 g/mol. The molecular formula is C6H15NO2S. The molecule has 0 heterocycles. The van der Waals surface area contributed by atoms with Gasteiger partial charge in [-0.3, -0.25) is 0 Å². The molecule has 62 valence electrons. The maximum Gasteiger partial charge on any atom is 0.204 e. The summed E-state index contributed by atoms with van der Waals surface area (Å²) < 4.78 is 22.5. The second-order valence-electron chi connectivity index (χ2n) is 3.12. The highest BCUT2D eigenvalue weighted by Gasteiger charge is 2.20. The summed E-state index contributed by atoms with van der Waals surface area (Å²) in [6.07, 6.45) is 0. The van der Waals surface area contributed by atoms with Crippen molar-refractivity contribution >= 4 is 10.9 Å². The first kappa shape index (κ1) is 9.91. The fourth-order valence-electron chi connectivity index (χ4n) is 0.835. The van der Waals surface area contributed by atoms with Crippen LogP contribution in [0.1, 0.15) is 27.7 Å². The molecule has 0 rings (SSSR count). The molecule has 0 bridgehead atoms. The molecule has 0 unspecified atom stereocenters. The summed E-state index contributed by atoms with van der Waals surface area (Å²) in [4.78, 5) is 0. The van der Waals surface area contributed by atoms with Crippen LogP contribution in [-0.2, 0) is 10.9 Å². The highest BCUT2D eigenvalue weighted by atomic mass is 32.2. The summed E-state index contributed by atoms with van der Waals surface area (Å²) in [6.45, 7) is 8.00. The minimum atomic E-state index is -2.42. The Balaban J connectivity index is 4.37. The van der Waals surface area contributed by atoms with Gasteiger partial charge in [-0.25, -0.2) is 8.42 Å². The van der Waals surface area contributed by atoms with Gasteiger partial charge in [-0.2, -0.15) is 4.31 Å². The minimum Gasteiger partial charge on any atom is -0.215 e. The highest BCUT2D eigenvalue weighted by Crippen LogP contribution is 2.11. The first-order valence-corrected chi connectivity index (χ1v) is 4.44. The van der Waals surface area contributed by atoms with Crippen molar-refractivity contribution in [1.29, 1.82) is 0 Å². The van der Waals surface area contributed by atoms with Gasteiger partial charge in [0.05, 0.1) is 0 Å². The fraction of sp³-hybridized carbons (Fsp3) is 1.00. The summed E-state index contributed by atoms with van der Waals surface area (Å²) in [5.41, 5.74) is -0.274. The maximum absolute atomic E-state index is 10.5. The topological polar surface area (TPSA) is 37.4 Å². The van der Waals surface area contributed by atoms with E-state index >= 15 is 0 Å². The van der Waals surface area contributed by atoms with E-state index in [-0.39, 0.29) is 5.54 Å². The normalized spacial score (nSPS) is 13.0. The van der Waals surface area contributed by atoms with Gasteiger partial charge < -0.3 is 0 Å². The molecule has 0 atom stereocenters. The van der Waals surface area contributed by atoms with Crippen LogP contribution in [0.5, 0.6) is 0 Å². The van der Waals surface area contributed by atoms with Crippen molar-refractivity contribution in [2.24, 2.45) is 0 Å². The third kappa shape index (κ3) is 2.66. The molecule has 0 aromatic carbocycles. The molecule has 0 aliphatic carbocycles. The van der Waals surface area contributed by atoms with Gasteiger partial charge in [-0.05, 0) is 20.8 Å². The van der Waals surface area contributed by atoms with Crippen molar-refractivity contribution in [3.8, 4) is 0 Å². The van der Waals surface area contributed by atoms with Gasteiger partial charge in [0.1, 0.15) is 0 Å². The SMILES string of the molecule is CCN([SH](=O)=O)C(C)(C)C. The van der Waals surface area contributed by atoms with Crippen molar-refractivity contribution in [3.63, 3.8) is 0 Å². The molecule has 4 heteroatoms. The molecule has 0 radical (unpaired) electrons. The third-order valence-electron chi connectivity index (χ3n) is 1.27. The van der Waals surface area contributed by atoms with Gasteiger partial charge in [0.25, 0.3) is 0 Å². The lowest BCUT2D eigenvalue weighted by Crippen LogP contribution is -2.39. The van der Waals surface area contributed by atoms with Crippen molar-refractivity contribution in [2.75, 3.05) is 6.54 Å². The Morgan fingerprint density at radius 2 is 1.70 bits per heavy atom. The molecule has 0 fully saturated rings. The zero-order valence-electron chi connectivity index (χ0n) is 6.92. The van der Waals surface area contributed by atoms with E-state index in [0.29, 0.717) is 6.54 Å². The average Bonchev–Trinajstić information content (AvgIpc) is 1.60. The molecule has 0 spiro atoms. The second-order valence-corrected chi connectivity index (χ2v) is 4.08. The number of thiol groups is 1. The van der Waals surface area contributed by atoms with E-state index in [1.165, 1.54) is 4.31 Å². The number of hydrogen-bond donors (Lipinski definition) is 1. The lowest BCUT2D eigenvalue weighted by Gasteiger charge is -2.28. The van der Waals surface area contributed by atoms with Gasteiger partial charge in [0.2, 0.25) is 10.9 Å². The largest absolute Gasteiger partial charge is 0.215 e. The molecule has 0 aliphatic heterocycles. The average molecular weight is 165 g/mol. The fourth-order valence-corrected chi connectivity index (χ4v) is 1.56. The van der Waals surface area contributed by atoms with Gasteiger partial charge in [0.15, 0.2) is 0 Å². The summed E-state index contributed by atoms with van der Waals surface area (Å²) in [5.74, 6) is 0. The summed E-state index contributed by atoms with van der Waals surface area (Å²) in [5, 5.41) is 0. The Hall–Kier alpha value is -0.0900. The molecular weight excluding hydrogens is 150 g/mol. The number of hydrogen-bond acceptors (Lipinski definition) is 2. The van der Waals surface area contributed by atoms with E-state index in [2.05, 4.69) is 0 Å². The van der Waals surface area contributed by atoms with E-state index in [1.54, 1.807) is 0 Å². The first-order valence-electron chi connectivity index (χ1n) is 3.31. The second kappa shape index (κ2) is 3.34. The van der Waals surface area contributed by atoms with E-state index in [1.807, 2.05) is 27.7 Å². The predicted molar refractivity (Wildman–Crippen MR) is 42.4 cm³/mol. The van der Waals surface area contributed by atoms with Crippen LogP contribution in [0.3, 0.4) is 0 Å². The first-order chi connectivity index (χ1) is 4.39. The van der Waals surface area contributed by atoms with Crippen molar-refractivity contribution in [2.45, 2.75) is 33.2 Å². The van der Waals surface area contributed by atoms with Crippen LogP contribution in [0.2, 0.25) is 0 Å². The quantitative estimate of drug-likeness (QED) is 0.609. The Labute approximate surface area is 64.1 Å². The lowest BCUT2D eigenvalue weighted by molar-refractivity contribution is 0.267. The third-order valence-corrected chi connectivity index (χ3v) is 2.55. The van der Waals surface area contributed by atoms with E-state index in [0.717, 1.165) is 0 Å². The van der Waals surface area contributed by atoms with Crippen molar-refractivity contribution in [1.82, 2.24) is 4.31 Å². The molecule has 0 aromatic rings. The van der Waals surface area contributed by atoms with Gasteiger partial charge in [0, 0.05) is 12.1 Å². The minimum absolute atomic E-state index is 0.274. The molecule has 0 saturated carbocycles. The predicted octanol–water partition coefficient (Wildman–Crippen LogP) is 0.633. The van der Waals surface area contributed by atoms with Crippen LogP contribution < -0.4 is 0 Å². The van der Waals surface area contributed by atoms with Crippen molar-refractivity contribution in [3.05, 3.63) is 0 Å². The molecule has 0 amide bonds. The van der Waals surface area contributed by atoms with Gasteiger partial charge >= 0.3 is 0 Å². The van der Waals surface area contributed by atoms with Crippen LogP contribution in [-0.4, -0.2) is 24.8 Å². The Morgan fingerprint density at radius 3 is 1.70 bits per heavy atom. The summed E-state index contributed by atoms with van der Waals surface area (Å²) in [7, 11) is -2.42. The van der Waals surface area contributed by atoms with E-state index in [9.17, 15) is 8.42 Å². The maximum atomic E-state index is 10.5. The Bertz CT molecular complexity index is 161. The summed E-state index contributed by atoms with van der Waals surface area (Å²) >= 11 is 0. The summed E-state index contributed by atoms with van der Waals surface area (Å²) in [6, 6.07) is 0. The number of rotatable bonds is 2. The highest BCUT2D eigenvalue weighted by molar-refractivity contribution is 7.69. The van der Waals surface area contributed by atoms with Crippen LogP contribution in [0.15, 0.2) is 0 Å². The van der Waals surface area contributed by atoms with Crippen LogP contribution >= 0.6 is 0 Å². The molecule has 10 heavy (non-hydrogen) atoms. The molecule has 0 aliphatic rings. The molecule has 0 N–H and O–H groups in total. The van der Waals surface area contributed by atoms with E-state index in [4.69, 9.17) is 0 Å². The van der Waals surface area contributed by atoms with Crippen LogP contribution in [0.4, 0.5) is 0 Å². The zero-order chi connectivity index (χ0) is 8.36. The van der Waals surface area contributed by atoms with Gasteiger partial charge in [-0.15, -0.1) is 0 Å².